The maximum atomic E-state index is 12.5. The summed E-state index contributed by atoms with van der Waals surface area (Å²) in [6.07, 6.45) is 6.93. The Morgan fingerprint density at radius 2 is 1.81 bits per heavy atom. The molecule has 0 unspecified atom stereocenters. The van der Waals surface area contributed by atoms with Crippen LogP contribution in [0.5, 0.6) is 5.75 Å². The van der Waals surface area contributed by atoms with Crippen LogP contribution >= 0.6 is 0 Å². The van der Waals surface area contributed by atoms with Crippen molar-refractivity contribution in [3.05, 3.63) is 77.1 Å². The Labute approximate surface area is 218 Å². The molecular formula is C30H34N2O5. The number of carbonyl (C=O) groups excluding carboxylic acids is 1. The lowest BCUT2D eigenvalue weighted by Crippen LogP contribution is -2.26. The standard InChI is InChI=1S/C30H34N2O5/c1-3-35-29-18-31-17-28(20(29)2)27-9-8-25(32-37-30(33)21-10-12-34-13-11-21)14-24(27)19-36-26-15-22-6-4-5-7-23(22)16-26/h4-9,14,17-18,21,26,32H,3,10-13,15-16,19H2,1-2H3. The minimum absolute atomic E-state index is 0.127. The highest BCUT2D eigenvalue weighted by atomic mass is 16.7. The predicted octanol–water partition coefficient (Wildman–Crippen LogP) is 5.44. The third kappa shape index (κ3) is 5.95. The first-order chi connectivity index (χ1) is 18.1. The summed E-state index contributed by atoms with van der Waals surface area (Å²) in [5, 5.41) is 0. The minimum Gasteiger partial charge on any atom is -0.492 e. The molecule has 0 bridgehead atoms. The van der Waals surface area contributed by atoms with Gasteiger partial charge in [-0.1, -0.05) is 30.3 Å². The molecular weight excluding hydrogens is 468 g/mol. The first-order valence-electron chi connectivity index (χ1n) is 13.1. The maximum Gasteiger partial charge on any atom is 0.335 e. The van der Waals surface area contributed by atoms with E-state index >= 15 is 0 Å². The number of hydrogen-bond donors (Lipinski definition) is 1. The molecule has 0 amide bonds. The van der Waals surface area contributed by atoms with E-state index in [4.69, 9.17) is 19.0 Å². The molecule has 1 N–H and O–H groups in total. The molecule has 194 valence electrons. The van der Waals surface area contributed by atoms with Gasteiger partial charge >= 0.3 is 5.97 Å². The summed E-state index contributed by atoms with van der Waals surface area (Å²) in [6, 6.07) is 14.4. The Balaban J connectivity index is 1.36. The van der Waals surface area contributed by atoms with Gasteiger partial charge in [0.05, 0.1) is 37.1 Å². The summed E-state index contributed by atoms with van der Waals surface area (Å²) < 4.78 is 17.6. The molecule has 1 aliphatic heterocycles. The van der Waals surface area contributed by atoms with Crippen molar-refractivity contribution in [3.8, 4) is 16.9 Å². The van der Waals surface area contributed by atoms with E-state index in [-0.39, 0.29) is 18.0 Å². The van der Waals surface area contributed by atoms with Gasteiger partial charge in [0, 0.05) is 30.5 Å². The molecule has 0 radical (unpaired) electrons. The molecule has 1 saturated heterocycles. The largest absolute Gasteiger partial charge is 0.492 e. The zero-order chi connectivity index (χ0) is 25.6. The molecule has 7 heteroatoms. The van der Waals surface area contributed by atoms with E-state index in [9.17, 15) is 4.79 Å². The molecule has 1 fully saturated rings. The summed E-state index contributed by atoms with van der Waals surface area (Å²) in [6.45, 7) is 6.20. The molecule has 0 atom stereocenters. The number of nitrogens with zero attached hydrogens (tertiary/aromatic N) is 1. The second kappa shape index (κ2) is 11.8. The number of aromatic nitrogens is 1. The summed E-state index contributed by atoms with van der Waals surface area (Å²) in [4.78, 5) is 22.4. The van der Waals surface area contributed by atoms with Crippen LogP contribution in [0.4, 0.5) is 5.69 Å². The van der Waals surface area contributed by atoms with Crippen LogP contribution in [0.3, 0.4) is 0 Å². The van der Waals surface area contributed by atoms with Crippen molar-refractivity contribution >= 4 is 11.7 Å². The van der Waals surface area contributed by atoms with Gasteiger partial charge in [0.2, 0.25) is 0 Å². The summed E-state index contributed by atoms with van der Waals surface area (Å²) >= 11 is 0. The highest BCUT2D eigenvalue weighted by Gasteiger charge is 2.24. The van der Waals surface area contributed by atoms with Crippen LogP contribution in [0.1, 0.15) is 42.0 Å². The third-order valence-corrected chi connectivity index (χ3v) is 7.18. The molecule has 0 saturated carbocycles. The summed E-state index contributed by atoms with van der Waals surface area (Å²) in [7, 11) is 0. The number of benzene rings is 2. The van der Waals surface area contributed by atoms with Gasteiger partial charge < -0.3 is 19.0 Å². The fraction of sp³-hybridized carbons (Fsp3) is 0.400. The molecule has 2 aliphatic rings. The zero-order valence-corrected chi connectivity index (χ0v) is 21.5. The van der Waals surface area contributed by atoms with Crippen LogP contribution in [-0.4, -0.2) is 36.9 Å². The van der Waals surface area contributed by atoms with Crippen molar-refractivity contribution in [1.29, 1.82) is 0 Å². The van der Waals surface area contributed by atoms with Gasteiger partial charge in [-0.05, 0) is 73.9 Å². The van der Waals surface area contributed by atoms with Crippen molar-refractivity contribution in [2.45, 2.75) is 52.2 Å². The van der Waals surface area contributed by atoms with Crippen molar-refractivity contribution in [1.82, 2.24) is 4.98 Å². The predicted molar refractivity (Wildman–Crippen MR) is 141 cm³/mol. The van der Waals surface area contributed by atoms with Crippen molar-refractivity contribution in [3.63, 3.8) is 0 Å². The number of fused-ring (bicyclic) bond motifs is 1. The number of hydrogen-bond acceptors (Lipinski definition) is 7. The van der Waals surface area contributed by atoms with Crippen LogP contribution in [0, 0.1) is 12.8 Å². The average molecular weight is 503 g/mol. The van der Waals surface area contributed by atoms with E-state index in [1.807, 2.05) is 38.2 Å². The molecule has 0 spiro atoms. The topological polar surface area (TPSA) is 78.9 Å². The Kier molecular flexibility index (Phi) is 8.02. The lowest BCUT2D eigenvalue weighted by Gasteiger charge is -2.21. The van der Waals surface area contributed by atoms with Gasteiger partial charge in [-0.15, -0.1) is 0 Å². The van der Waals surface area contributed by atoms with Gasteiger partial charge in [-0.2, -0.15) is 0 Å². The van der Waals surface area contributed by atoms with Crippen LogP contribution in [0.2, 0.25) is 0 Å². The molecule has 37 heavy (non-hydrogen) atoms. The number of rotatable bonds is 9. The quantitative estimate of drug-likeness (QED) is 0.391. The van der Waals surface area contributed by atoms with Crippen LogP contribution < -0.4 is 10.2 Å². The maximum absolute atomic E-state index is 12.5. The van der Waals surface area contributed by atoms with Crippen LogP contribution in [-0.2, 0) is 38.6 Å². The second-order valence-corrected chi connectivity index (χ2v) is 9.63. The molecule has 2 aromatic carbocycles. The highest BCUT2D eigenvalue weighted by Crippen LogP contribution is 2.34. The van der Waals surface area contributed by atoms with E-state index < -0.39 is 0 Å². The van der Waals surface area contributed by atoms with E-state index in [0.29, 0.717) is 45.0 Å². The zero-order valence-electron chi connectivity index (χ0n) is 21.5. The average Bonchev–Trinajstić information content (AvgIpc) is 3.36. The molecule has 2 heterocycles. The second-order valence-electron chi connectivity index (χ2n) is 9.63. The monoisotopic (exact) mass is 502 g/mol. The summed E-state index contributed by atoms with van der Waals surface area (Å²) in [5.41, 5.74) is 10.3. The lowest BCUT2D eigenvalue weighted by atomic mass is 9.97. The molecule has 7 nitrogen and oxygen atoms in total. The fourth-order valence-corrected chi connectivity index (χ4v) is 5.09. The normalized spacial score (nSPS) is 15.8. The van der Waals surface area contributed by atoms with E-state index in [1.165, 1.54) is 11.1 Å². The Morgan fingerprint density at radius 1 is 1.05 bits per heavy atom. The van der Waals surface area contributed by atoms with Crippen LogP contribution in [0.15, 0.2) is 54.9 Å². The van der Waals surface area contributed by atoms with Crippen molar-refractivity contribution < 1.29 is 23.8 Å². The van der Waals surface area contributed by atoms with Crippen LogP contribution in [0.25, 0.3) is 11.1 Å². The number of ether oxygens (including phenoxy) is 3. The Hall–Kier alpha value is -3.42. The third-order valence-electron chi connectivity index (χ3n) is 7.18. The van der Waals surface area contributed by atoms with Gasteiger partial charge in [0.15, 0.2) is 0 Å². The molecule has 1 aliphatic carbocycles. The molecule has 3 aromatic rings. The SMILES string of the molecule is CCOc1cncc(-c2ccc(NOC(=O)C3CCOCC3)cc2COC2Cc3ccccc3C2)c1C. The van der Waals surface area contributed by atoms with Gasteiger partial charge in [-0.25, -0.2) is 10.3 Å². The Morgan fingerprint density at radius 3 is 2.54 bits per heavy atom. The molecule has 1 aromatic heterocycles. The summed E-state index contributed by atoms with van der Waals surface area (Å²) in [5.74, 6) is 0.381. The first-order valence-corrected chi connectivity index (χ1v) is 13.1. The van der Waals surface area contributed by atoms with Gasteiger partial charge in [0.1, 0.15) is 5.75 Å². The number of anilines is 1. The van der Waals surface area contributed by atoms with Gasteiger partial charge in [0.25, 0.3) is 0 Å². The number of carbonyl (C=O) groups is 1. The van der Waals surface area contributed by atoms with Gasteiger partial charge in [-0.3, -0.25) is 4.98 Å². The molecule has 5 rings (SSSR count). The smallest absolute Gasteiger partial charge is 0.335 e. The van der Waals surface area contributed by atoms with Crippen molar-refractivity contribution in [2.75, 3.05) is 25.3 Å². The van der Waals surface area contributed by atoms with E-state index in [1.54, 1.807) is 6.20 Å². The lowest BCUT2D eigenvalue weighted by molar-refractivity contribution is -0.148. The Bertz CT molecular complexity index is 1210. The minimum atomic E-state index is -0.252. The number of nitrogens with one attached hydrogen (secondary N) is 1. The van der Waals surface area contributed by atoms with E-state index in [0.717, 1.165) is 40.8 Å². The number of pyridine rings is 1. The van der Waals surface area contributed by atoms with Crippen molar-refractivity contribution in [2.24, 2.45) is 5.92 Å². The highest BCUT2D eigenvalue weighted by molar-refractivity contribution is 5.75. The fourth-order valence-electron chi connectivity index (χ4n) is 5.09. The first kappa shape index (κ1) is 25.2. The van der Waals surface area contributed by atoms with E-state index in [2.05, 4.69) is 34.7 Å².